The van der Waals surface area contributed by atoms with E-state index >= 15 is 0 Å². The Hall–Kier alpha value is -1.38. The molecule has 0 amide bonds. The SMILES string of the molecule is O=C(CCC1CC2CCCC(C2)C1)OC1C2CC3C1OS(=O)(=O)C3C2C(=O)OCC(F)(F)S(=O)(=O)O. The van der Waals surface area contributed by atoms with Crippen molar-refractivity contribution in [3.05, 3.63) is 0 Å². The average molecular weight is 557 g/mol. The summed E-state index contributed by atoms with van der Waals surface area (Å²) in [6.45, 7) is -1.97. The summed E-state index contributed by atoms with van der Waals surface area (Å²) in [6, 6.07) is 0. The van der Waals surface area contributed by atoms with Crippen LogP contribution < -0.4 is 0 Å². The number of hydrogen-bond acceptors (Lipinski definition) is 9. The van der Waals surface area contributed by atoms with Crippen LogP contribution in [-0.2, 0) is 43.5 Å². The van der Waals surface area contributed by atoms with E-state index in [-0.39, 0.29) is 12.8 Å². The standard InChI is InChI=1S/C22H30F2O10S2/c23-22(24,36(29,30)31)10-32-21(26)17-14-9-15-19(34-35(27,28)20(15)17)18(14)33-16(25)5-4-13-7-11-2-1-3-12(6-11)8-13/h11-15,17-20H,1-10H2,(H,29,30,31). The summed E-state index contributed by atoms with van der Waals surface area (Å²) in [7, 11) is -10.1. The van der Waals surface area contributed by atoms with Crippen molar-refractivity contribution in [1.29, 1.82) is 0 Å². The molecule has 0 radical (unpaired) electrons. The Morgan fingerprint density at radius 3 is 2.36 bits per heavy atom. The molecule has 1 N–H and O–H groups in total. The quantitative estimate of drug-likeness (QED) is 0.268. The number of carbonyl (C=O) groups is 2. The lowest BCUT2D eigenvalue weighted by Crippen LogP contribution is -2.47. The summed E-state index contributed by atoms with van der Waals surface area (Å²) in [6.07, 6.45) is 6.12. The van der Waals surface area contributed by atoms with Crippen LogP contribution in [0.25, 0.3) is 0 Å². The Morgan fingerprint density at radius 1 is 1.06 bits per heavy atom. The molecule has 1 aliphatic heterocycles. The molecule has 10 nitrogen and oxygen atoms in total. The van der Waals surface area contributed by atoms with Crippen molar-refractivity contribution in [1.82, 2.24) is 0 Å². The van der Waals surface area contributed by atoms with Crippen LogP contribution in [-0.4, -0.2) is 62.6 Å². The molecule has 1 heterocycles. The fraction of sp³-hybridized carbons (Fsp3) is 0.909. The maximum atomic E-state index is 13.5. The van der Waals surface area contributed by atoms with Crippen molar-refractivity contribution in [2.45, 2.75) is 80.5 Å². The van der Waals surface area contributed by atoms with Crippen LogP contribution in [0.2, 0.25) is 0 Å². The molecule has 8 atom stereocenters. The largest absolute Gasteiger partial charge is 0.459 e. The van der Waals surface area contributed by atoms with Gasteiger partial charge in [-0.15, -0.1) is 0 Å². The second-order valence-electron chi connectivity index (χ2n) is 11.1. The van der Waals surface area contributed by atoms with Gasteiger partial charge in [-0.25, -0.2) is 0 Å². The minimum atomic E-state index is -5.84. The zero-order valence-electron chi connectivity index (χ0n) is 19.5. The second-order valence-corrected chi connectivity index (χ2v) is 14.3. The van der Waals surface area contributed by atoms with Gasteiger partial charge in [-0.2, -0.15) is 25.6 Å². The number of hydrogen-bond donors (Lipinski definition) is 1. The van der Waals surface area contributed by atoms with Gasteiger partial charge < -0.3 is 9.47 Å². The third-order valence-corrected chi connectivity index (χ3v) is 11.5. The molecule has 5 rings (SSSR count). The maximum Gasteiger partial charge on any atom is 0.402 e. The number of carbonyl (C=O) groups excluding carboxylic acids is 2. The predicted octanol–water partition coefficient (Wildman–Crippen LogP) is 2.28. The van der Waals surface area contributed by atoms with E-state index in [0.717, 1.165) is 12.8 Å². The number of fused-ring (bicyclic) bond motifs is 3. The van der Waals surface area contributed by atoms with E-state index in [4.69, 9.17) is 13.5 Å². The summed E-state index contributed by atoms with van der Waals surface area (Å²) < 4.78 is 97.6. The van der Waals surface area contributed by atoms with Crippen molar-refractivity contribution in [3.8, 4) is 0 Å². The number of rotatable bonds is 8. The van der Waals surface area contributed by atoms with Crippen LogP contribution in [0, 0.1) is 35.5 Å². The van der Waals surface area contributed by atoms with Crippen LogP contribution >= 0.6 is 0 Å². The topological polar surface area (TPSA) is 150 Å². The first-order chi connectivity index (χ1) is 16.8. The van der Waals surface area contributed by atoms with Crippen molar-refractivity contribution in [2.24, 2.45) is 35.5 Å². The fourth-order valence-corrected chi connectivity index (χ4v) is 9.68. The smallest absolute Gasteiger partial charge is 0.402 e. The average Bonchev–Trinajstić information content (AvgIpc) is 3.38. The van der Waals surface area contributed by atoms with Gasteiger partial charge in [0.25, 0.3) is 10.1 Å². The Bertz CT molecular complexity index is 1110. The minimum Gasteiger partial charge on any atom is -0.459 e. The van der Waals surface area contributed by atoms with Crippen LogP contribution in [0.5, 0.6) is 0 Å². The Morgan fingerprint density at radius 2 is 1.72 bits per heavy atom. The van der Waals surface area contributed by atoms with Crippen LogP contribution in [0.4, 0.5) is 8.78 Å². The molecule has 4 bridgehead atoms. The number of ether oxygens (including phenoxy) is 2. The van der Waals surface area contributed by atoms with Gasteiger partial charge in [-0.3, -0.25) is 18.3 Å². The van der Waals surface area contributed by atoms with E-state index in [9.17, 15) is 35.2 Å². The van der Waals surface area contributed by atoms with Crippen LogP contribution in [0.3, 0.4) is 0 Å². The highest BCUT2D eigenvalue weighted by atomic mass is 32.2. The summed E-state index contributed by atoms with van der Waals surface area (Å²) in [5, 5.41) is -6.10. The third kappa shape index (κ3) is 4.66. The van der Waals surface area contributed by atoms with Gasteiger partial charge >= 0.3 is 27.3 Å². The molecule has 0 aromatic heterocycles. The van der Waals surface area contributed by atoms with Gasteiger partial charge in [0.05, 0.1) is 5.92 Å². The van der Waals surface area contributed by atoms with Gasteiger partial charge in [0.2, 0.25) is 0 Å². The number of alkyl halides is 2. The number of halogens is 2. The van der Waals surface area contributed by atoms with Crippen molar-refractivity contribution >= 4 is 32.2 Å². The fourth-order valence-electron chi connectivity index (χ4n) is 7.42. The van der Waals surface area contributed by atoms with E-state index in [2.05, 4.69) is 4.74 Å². The first-order valence-corrected chi connectivity index (χ1v) is 15.3. The van der Waals surface area contributed by atoms with Gasteiger partial charge in [0, 0.05) is 18.3 Å². The summed E-state index contributed by atoms with van der Waals surface area (Å²) >= 11 is 0. The lowest BCUT2D eigenvalue weighted by molar-refractivity contribution is -0.166. The third-order valence-electron chi connectivity index (χ3n) is 8.81. The second kappa shape index (κ2) is 9.12. The van der Waals surface area contributed by atoms with Gasteiger partial charge in [-0.05, 0) is 49.9 Å². The van der Waals surface area contributed by atoms with Crippen LogP contribution in [0.15, 0.2) is 0 Å². The van der Waals surface area contributed by atoms with E-state index in [1.54, 1.807) is 0 Å². The van der Waals surface area contributed by atoms with Crippen molar-refractivity contribution < 1.29 is 53.4 Å². The molecule has 5 aliphatic rings. The van der Waals surface area contributed by atoms with Crippen LogP contribution in [0.1, 0.15) is 57.8 Å². The summed E-state index contributed by atoms with van der Waals surface area (Å²) in [5.74, 6) is -3.00. The highest BCUT2D eigenvalue weighted by Gasteiger charge is 2.72. The maximum absolute atomic E-state index is 13.5. The minimum absolute atomic E-state index is 0.149. The Balaban J connectivity index is 1.22. The zero-order chi connectivity index (χ0) is 26.0. The van der Waals surface area contributed by atoms with E-state index in [0.29, 0.717) is 24.2 Å². The molecule has 0 spiro atoms. The molecular weight excluding hydrogens is 526 g/mol. The predicted molar refractivity (Wildman–Crippen MR) is 117 cm³/mol. The Kier molecular flexibility index (Phi) is 6.65. The molecule has 36 heavy (non-hydrogen) atoms. The Labute approximate surface area is 208 Å². The normalized spacial score (nSPS) is 40.7. The van der Waals surface area contributed by atoms with Gasteiger partial charge in [0.1, 0.15) is 17.5 Å². The lowest BCUT2D eigenvalue weighted by atomic mass is 9.67. The molecule has 8 unspecified atom stereocenters. The number of esters is 2. The highest BCUT2D eigenvalue weighted by Crippen LogP contribution is 2.59. The molecular formula is C22H30F2O10S2. The molecule has 0 aromatic rings. The monoisotopic (exact) mass is 556 g/mol. The highest BCUT2D eigenvalue weighted by molar-refractivity contribution is 7.87. The first kappa shape index (κ1) is 26.2. The van der Waals surface area contributed by atoms with Gasteiger partial charge in [-0.1, -0.05) is 19.3 Å². The molecule has 0 aromatic carbocycles. The van der Waals surface area contributed by atoms with Crippen molar-refractivity contribution in [2.75, 3.05) is 6.61 Å². The summed E-state index contributed by atoms with van der Waals surface area (Å²) in [4.78, 5) is 25.4. The van der Waals surface area contributed by atoms with E-state index < -0.39 is 79.2 Å². The summed E-state index contributed by atoms with van der Waals surface area (Å²) in [5.41, 5.74) is 0. The molecule has 14 heteroatoms. The molecule has 5 fully saturated rings. The van der Waals surface area contributed by atoms with Crippen molar-refractivity contribution in [3.63, 3.8) is 0 Å². The zero-order valence-corrected chi connectivity index (χ0v) is 21.1. The molecule has 204 valence electrons. The molecule has 1 saturated heterocycles. The first-order valence-electron chi connectivity index (χ1n) is 12.4. The molecule has 4 saturated carbocycles. The molecule has 4 aliphatic carbocycles. The van der Waals surface area contributed by atoms with Gasteiger partial charge in [0.15, 0.2) is 6.61 Å². The lowest BCUT2D eigenvalue weighted by Gasteiger charge is -2.39. The van der Waals surface area contributed by atoms with E-state index in [1.165, 1.54) is 25.7 Å². The van der Waals surface area contributed by atoms with E-state index in [1.807, 2.05) is 0 Å².